The fraction of sp³-hybridized carbons (Fsp3) is 0.441. The van der Waals surface area contributed by atoms with Crippen LogP contribution in [0, 0.1) is 35.4 Å². The molecule has 0 radical (unpaired) electrons. The Balaban J connectivity index is 0.000000568. The number of hydrogen-bond donors (Lipinski definition) is 3. The molecule has 4 heterocycles. The van der Waals surface area contributed by atoms with Crippen LogP contribution in [0.3, 0.4) is 0 Å². The molecule has 3 aliphatic heterocycles. The normalized spacial score (nSPS) is 18.8. The molecule has 1 aromatic heterocycles. The Bertz CT molecular complexity index is 1500. The van der Waals surface area contributed by atoms with Gasteiger partial charge in [-0.2, -0.15) is 10.2 Å². The lowest BCUT2D eigenvalue weighted by atomic mass is 10.1. The first-order valence-electron chi connectivity index (χ1n) is 15.4. The predicted molar refractivity (Wildman–Crippen MR) is 184 cm³/mol. The van der Waals surface area contributed by atoms with Crippen molar-refractivity contribution in [1.29, 1.82) is 10.7 Å². The van der Waals surface area contributed by atoms with E-state index in [1.165, 1.54) is 18.2 Å². The van der Waals surface area contributed by atoms with Gasteiger partial charge in [-0.05, 0) is 56.9 Å². The number of halogens is 1. The molecule has 0 spiro atoms. The number of rotatable bonds is 9. The zero-order chi connectivity index (χ0) is 33.6. The van der Waals surface area contributed by atoms with Gasteiger partial charge in [-0.3, -0.25) is 14.9 Å². The molecular formula is C34H45FN10O. The number of allylic oxidation sites excluding steroid dienone is 2. The second-order valence-electron chi connectivity index (χ2n) is 11.1. The van der Waals surface area contributed by atoms with Crippen molar-refractivity contribution in [1.82, 2.24) is 14.5 Å². The number of aliphatic hydroxyl groups excluding tert-OH is 1. The molecule has 2 aromatic rings. The predicted octanol–water partition coefficient (Wildman–Crippen LogP) is 4.24. The molecule has 0 amide bonds. The summed E-state index contributed by atoms with van der Waals surface area (Å²) in [5.41, 5.74) is 8.51. The van der Waals surface area contributed by atoms with E-state index in [4.69, 9.17) is 21.1 Å². The number of hydrogen-bond acceptors (Lipinski definition) is 10. The zero-order valence-corrected chi connectivity index (χ0v) is 26.8. The molecule has 0 bridgehead atoms. The summed E-state index contributed by atoms with van der Waals surface area (Å²) >= 11 is 0. The van der Waals surface area contributed by atoms with E-state index in [-0.39, 0.29) is 12.6 Å². The van der Waals surface area contributed by atoms with Gasteiger partial charge in [0, 0.05) is 50.6 Å². The minimum atomic E-state index is -1.06. The van der Waals surface area contributed by atoms with Crippen molar-refractivity contribution in [3.05, 3.63) is 65.6 Å². The smallest absolute Gasteiger partial charge is 0.208 e. The van der Waals surface area contributed by atoms with Crippen LogP contribution in [0.15, 0.2) is 53.0 Å². The number of aliphatic hydroxyl groups is 1. The average molecular weight is 629 g/mol. The largest absolute Gasteiger partial charge is 0.368 e. The van der Waals surface area contributed by atoms with E-state index in [0.717, 1.165) is 37.9 Å². The minimum absolute atomic E-state index is 0.00868. The van der Waals surface area contributed by atoms with Gasteiger partial charge < -0.3 is 30.6 Å². The zero-order valence-electron chi connectivity index (χ0n) is 26.8. The Morgan fingerprint density at radius 2 is 2.11 bits per heavy atom. The first-order chi connectivity index (χ1) is 22.3. The lowest BCUT2D eigenvalue weighted by Gasteiger charge is -2.42. The number of imidazole rings is 1. The summed E-state index contributed by atoms with van der Waals surface area (Å²) < 4.78 is 16.2. The Hall–Kier alpha value is -4.78. The molecule has 5 rings (SSSR count). The van der Waals surface area contributed by atoms with Crippen molar-refractivity contribution in [2.24, 2.45) is 15.7 Å². The van der Waals surface area contributed by atoms with Crippen molar-refractivity contribution < 1.29 is 9.50 Å². The number of piperidine rings is 1. The van der Waals surface area contributed by atoms with Crippen LogP contribution in [-0.4, -0.2) is 82.8 Å². The second kappa shape index (κ2) is 17.6. The highest BCUT2D eigenvalue weighted by molar-refractivity contribution is 5.99. The summed E-state index contributed by atoms with van der Waals surface area (Å²) in [6.07, 6.45) is 17.8. The maximum absolute atomic E-state index is 14.3. The molecule has 1 fully saturated rings. The van der Waals surface area contributed by atoms with E-state index >= 15 is 0 Å². The third-order valence-electron chi connectivity index (χ3n) is 7.61. The highest BCUT2D eigenvalue weighted by Crippen LogP contribution is 2.40. The van der Waals surface area contributed by atoms with Crippen LogP contribution >= 0.6 is 0 Å². The molecule has 1 saturated heterocycles. The third-order valence-corrected chi connectivity index (χ3v) is 7.61. The van der Waals surface area contributed by atoms with E-state index in [1.807, 2.05) is 28.5 Å². The number of aromatic nitrogens is 2. The van der Waals surface area contributed by atoms with Crippen LogP contribution in [0.1, 0.15) is 62.6 Å². The standard InChI is InChI=1S/C26H32FN9O.C6H11N.C2H2/c1-2-8-30-10-13-35-24(37)22-23(34-12-4-9-31-25(34)35)32-26(33-11-3-5-21(29)17-33)36(22)16-19-14-20(27)7-6-18(19)15-28;1-3-4-5-6(2)7;1-2/h2,6-7,10,14,21,24,37H,1,3-5,8-9,11-13,16-17,29H2;3-4,7H,5H2,1-2H3;1-2H/b;4-3-,7-6?;. The number of nitrogens with zero attached hydrogens (tertiary/aromatic N) is 8. The van der Waals surface area contributed by atoms with Crippen LogP contribution in [0.25, 0.3) is 0 Å². The number of fused-ring (bicyclic) bond motifs is 3. The Kier molecular flexibility index (Phi) is 13.7. The monoisotopic (exact) mass is 628 g/mol. The van der Waals surface area contributed by atoms with Crippen LogP contribution in [0.5, 0.6) is 0 Å². The fourth-order valence-corrected chi connectivity index (χ4v) is 5.52. The Morgan fingerprint density at radius 3 is 2.76 bits per heavy atom. The van der Waals surface area contributed by atoms with E-state index in [9.17, 15) is 14.8 Å². The quantitative estimate of drug-likeness (QED) is 0.214. The van der Waals surface area contributed by atoms with E-state index in [1.54, 1.807) is 24.1 Å². The highest BCUT2D eigenvalue weighted by Gasteiger charge is 2.41. The molecule has 12 heteroatoms. The lowest BCUT2D eigenvalue weighted by Crippen LogP contribution is -2.53. The van der Waals surface area contributed by atoms with Gasteiger partial charge in [0.2, 0.25) is 11.9 Å². The van der Waals surface area contributed by atoms with Gasteiger partial charge >= 0.3 is 0 Å². The highest BCUT2D eigenvalue weighted by atomic mass is 19.1. The van der Waals surface area contributed by atoms with Crippen molar-refractivity contribution in [2.45, 2.75) is 58.3 Å². The summed E-state index contributed by atoms with van der Waals surface area (Å²) in [6.45, 7) is 11.2. The number of nitrogens with two attached hydrogens (primary N) is 1. The van der Waals surface area contributed by atoms with Gasteiger partial charge in [0.1, 0.15) is 11.5 Å². The van der Waals surface area contributed by atoms with E-state index < -0.39 is 12.0 Å². The van der Waals surface area contributed by atoms with Gasteiger partial charge in [-0.25, -0.2) is 4.39 Å². The number of benzene rings is 1. The van der Waals surface area contributed by atoms with Crippen LogP contribution < -0.4 is 15.5 Å². The SMILES string of the molecule is C#C.C/C=C\CC(C)=N.C=CCN=CCN1C2=NCCCN2c2nc(N3CCCC(N)C3)n(Cc3cc(F)ccc3C#N)c2C1O. The molecule has 0 aliphatic carbocycles. The summed E-state index contributed by atoms with van der Waals surface area (Å²) in [6, 6.07) is 6.32. The summed E-state index contributed by atoms with van der Waals surface area (Å²) in [7, 11) is 0. The molecule has 0 saturated carbocycles. The summed E-state index contributed by atoms with van der Waals surface area (Å²) in [4.78, 5) is 20.0. The fourth-order valence-electron chi connectivity index (χ4n) is 5.52. The van der Waals surface area contributed by atoms with Gasteiger partial charge in [-0.15, -0.1) is 19.4 Å². The molecular weight excluding hydrogens is 583 g/mol. The van der Waals surface area contributed by atoms with Gasteiger partial charge in [0.25, 0.3) is 0 Å². The number of nitrogens with one attached hydrogen (secondary N) is 1. The van der Waals surface area contributed by atoms with Crippen LogP contribution in [0.2, 0.25) is 0 Å². The average Bonchev–Trinajstić information content (AvgIpc) is 3.44. The third kappa shape index (κ3) is 8.68. The number of aliphatic imine (C=N–C) groups is 2. The maximum Gasteiger partial charge on any atom is 0.208 e. The summed E-state index contributed by atoms with van der Waals surface area (Å²) in [5, 5.41) is 28.4. The first kappa shape index (κ1) is 35.7. The van der Waals surface area contributed by atoms with Gasteiger partial charge in [-0.1, -0.05) is 18.2 Å². The van der Waals surface area contributed by atoms with Crippen LogP contribution in [0.4, 0.5) is 16.2 Å². The van der Waals surface area contributed by atoms with Crippen LogP contribution in [-0.2, 0) is 6.54 Å². The number of anilines is 2. The van der Waals surface area contributed by atoms with Gasteiger partial charge in [0.05, 0.1) is 31.3 Å². The molecule has 3 aliphatic rings. The Labute approximate surface area is 271 Å². The van der Waals surface area contributed by atoms with Crippen molar-refractivity contribution in [3.63, 3.8) is 0 Å². The van der Waals surface area contributed by atoms with Gasteiger partial charge in [0.15, 0.2) is 12.0 Å². The molecule has 2 atom stereocenters. The lowest BCUT2D eigenvalue weighted by molar-refractivity contribution is 0.0504. The number of terminal acetylenes is 1. The second-order valence-corrected chi connectivity index (χ2v) is 11.1. The van der Waals surface area contributed by atoms with E-state index in [0.29, 0.717) is 67.3 Å². The van der Waals surface area contributed by atoms with E-state index in [2.05, 4.69) is 35.4 Å². The topological polar surface area (TPSA) is 146 Å². The molecule has 4 N–H and O–H groups in total. The minimum Gasteiger partial charge on any atom is -0.368 e. The molecule has 11 nitrogen and oxygen atoms in total. The molecule has 46 heavy (non-hydrogen) atoms. The Morgan fingerprint density at radius 1 is 1.33 bits per heavy atom. The van der Waals surface area contributed by atoms with Crippen molar-refractivity contribution >= 4 is 29.7 Å². The number of nitriles is 1. The maximum atomic E-state index is 14.3. The number of guanidine groups is 1. The molecule has 2 unspecified atom stereocenters. The summed E-state index contributed by atoms with van der Waals surface area (Å²) in [5.74, 6) is 1.52. The van der Waals surface area contributed by atoms with Crippen molar-refractivity contribution in [2.75, 3.05) is 49.1 Å². The molecule has 244 valence electrons. The first-order valence-corrected chi connectivity index (χ1v) is 15.4. The van der Waals surface area contributed by atoms with Crippen molar-refractivity contribution in [3.8, 4) is 18.9 Å². The molecule has 1 aromatic carbocycles.